The Bertz CT molecular complexity index is 511. The lowest BCUT2D eigenvalue weighted by molar-refractivity contribution is -0.138. The Hall–Kier alpha value is -1.76. The van der Waals surface area contributed by atoms with Crippen molar-refractivity contribution in [1.82, 2.24) is 5.32 Å². The number of amides is 1. The Morgan fingerprint density at radius 2 is 2.19 bits per heavy atom. The number of benzene rings is 1. The Balaban J connectivity index is 2.05. The first kappa shape index (κ1) is 15.6. The zero-order valence-corrected chi connectivity index (χ0v) is 11.2. The van der Waals surface area contributed by atoms with E-state index in [4.69, 9.17) is 4.74 Å². The number of carbonyl (C=O) groups is 1. The third-order valence-corrected chi connectivity index (χ3v) is 3.39. The highest BCUT2D eigenvalue weighted by Crippen LogP contribution is 2.37. The number of nitrogens with one attached hydrogen (secondary N) is 1. The SMILES string of the molecule is O=C(NC[C@H]1CCCOC1)c1cccc(C(F)(F)F)c1O. The van der Waals surface area contributed by atoms with Crippen LogP contribution in [0.5, 0.6) is 5.75 Å². The van der Waals surface area contributed by atoms with Crippen molar-refractivity contribution >= 4 is 5.91 Å². The molecule has 7 heteroatoms. The highest BCUT2D eigenvalue weighted by molar-refractivity contribution is 5.97. The van der Waals surface area contributed by atoms with Crippen molar-refractivity contribution in [2.24, 2.45) is 5.92 Å². The summed E-state index contributed by atoms with van der Waals surface area (Å²) in [5.74, 6) is -1.61. The van der Waals surface area contributed by atoms with E-state index in [9.17, 15) is 23.1 Å². The molecule has 0 aliphatic carbocycles. The van der Waals surface area contributed by atoms with Gasteiger partial charge in [-0.2, -0.15) is 13.2 Å². The molecule has 0 spiro atoms. The average Bonchev–Trinajstić information content (AvgIpc) is 2.45. The van der Waals surface area contributed by atoms with Gasteiger partial charge in [-0.05, 0) is 30.9 Å². The number of para-hydroxylation sites is 1. The molecule has 0 bridgehead atoms. The summed E-state index contributed by atoms with van der Waals surface area (Å²) in [5, 5.41) is 12.2. The minimum atomic E-state index is -4.70. The summed E-state index contributed by atoms with van der Waals surface area (Å²) in [6.45, 7) is 1.53. The summed E-state index contributed by atoms with van der Waals surface area (Å²) in [5.41, 5.74) is -1.59. The first-order chi connectivity index (χ1) is 9.89. The van der Waals surface area contributed by atoms with Crippen LogP contribution in [0.1, 0.15) is 28.8 Å². The summed E-state index contributed by atoms with van der Waals surface area (Å²) in [6, 6.07) is 3.00. The molecule has 1 atom stereocenters. The summed E-state index contributed by atoms with van der Waals surface area (Å²) in [4.78, 5) is 11.9. The molecule has 1 aromatic rings. The van der Waals surface area contributed by atoms with Gasteiger partial charge in [-0.25, -0.2) is 0 Å². The fraction of sp³-hybridized carbons (Fsp3) is 0.500. The molecule has 2 N–H and O–H groups in total. The van der Waals surface area contributed by atoms with Crippen LogP contribution in [0.4, 0.5) is 13.2 Å². The topological polar surface area (TPSA) is 58.6 Å². The summed E-state index contributed by atoms with van der Waals surface area (Å²) in [7, 11) is 0. The average molecular weight is 303 g/mol. The van der Waals surface area contributed by atoms with Gasteiger partial charge in [0.2, 0.25) is 0 Å². The van der Waals surface area contributed by atoms with Crippen LogP contribution in [0.15, 0.2) is 18.2 Å². The molecule has 0 aromatic heterocycles. The summed E-state index contributed by atoms with van der Waals surface area (Å²) < 4.78 is 43.2. The Morgan fingerprint density at radius 1 is 1.43 bits per heavy atom. The summed E-state index contributed by atoms with van der Waals surface area (Å²) >= 11 is 0. The van der Waals surface area contributed by atoms with Gasteiger partial charge in [-0.1, -0.05) is 6.07 Å². The third kappa shape index (κ3) is 3.87. The van der Waals surface area contributed by atoms with Crippen LogP contribution in [0.25, 0.3) is 0 Å². The van der Waals surface area contributed by atoms with Gasteiger partial charge in [0.25, 0.3) is 5.91 Å². The lowest BCUT2D eigenvalue weighted by atomic mass is 10.0. The number of aromatic hydroxyl groups is 1. The lowest BCUT2D eigenvalue weighted by Gasteiger charge is -2.22. The zero-order valence-electron chi connectivity index (χ0n) is 11.2. The monoisotopic (exact) mass is 303 g/mol. The molecule has 0 unspecified atom stereocenters. The van der Waals surface area contributed by atoms with Gasteiger partial charge in [0.15, 0.2) is 0 Å². The van der Waals surface area contributed by atoms with Gasteiger partial charge >= 0.3 is 6.18 Å². The molecular weight excluding hydrogens is 287 g/mol. The fourth-order valence-corrected chi connectivity index (χ4v) is 2.26. The van der Waals surface area contributed by atoms with E-state index in [0.717, 1.165) is 31.0 Å². The van der Waals surface area contributed by atoms with Crippen LogP contribution in [-0.2, 0) is 10.9 Å². The molecule has 116 valence electrons. The minimum Gasteiger partial charge on any atom is -0.506 e. The van der Waals surface area contributed by atoms with Crippen molar-refractivity contribution in [3.05, 3.63) is 29.3 Å². The normalized spacial score (nSPS) is 19.3. The van der Waals surface area contributed by atoms with Gasteiger partial charge in [0.05, 0.1) is 17.7 Å². The molecule has 1 heterocycles. The van der Waals surface area contributed by atoms with Gasteiger partial charge < -0.3 is 15.2 Å². The maximum absolute atomic E-state index is 12.7. The molecule has 1 aliphatic heterocycles. The lowest BCUT2D eigenvalue weighted by Crippen LogP contribution is -2.33. The van der Waals surface area contributed by atoms with Crippen LogP contribution in [0.3, 0.4) is 0 Å². The van der Waals surface area contributed by atoms with Crippen molar-refractivity contribution in [2.45, 2.75) is 19.0 Å². The van der Waals surface area contributed by atoms with Gasteiger partial charge in [0, 0.05) is 13.2 Å². The van der Waals surface area contributed by atoms with E-state index in [1.165, 1.54) is 0 Å². The maximum atomic E-state index is 12.7. The third-order valence-electron chi connectivity index (χ3n) is 3.39. The number of hydrogen-bond donors (Lipinski definition) is 2. The molecule has 1 aromatic carbocycles. The second-order valence-corrected chi connectivity index (χ2v) is 4.99. The van der Waals surface area contributed by atoms with Crippen molar-refractivity contribution < 1.29 is 27.8 Å². The number of phenols is 1. The maximum Gasteiger partial charge on any atom is 0.419 e. The predicted octanol–water partition coefficient (Wildman–Crippen LogP) is 2.57. The van der Waals surface area contributed by atoms with E-state index in [2.05, 4.69) is 5.32 Å². The molecule has 1 aliphatic rings. The highest BCUT2D eigenvalue weighted by atomic mass is 19.4. The van der Waals surface area contributed by atoms with E-state index >= 15 is 0 Å². The number of hydrogen-bond acceptors (Lipinski definition) is 3. The number of phenolic OH excluding ortho intramolecular Hbond substituents is 1. The molecule has 0 saturated carbocycles. The van der Waals surface area contributed by atoms with Gasteiger partial charge in [-0.15, -0.1) is 0 Å². The van der Waals surface area contributed by atoms with Crippen LogP contribution >= 0.6 is 0 Å². The van der Waals surface area contributed by atoms with Crippen molar-refractivity contribution in [1.29, 1.82) is 0 Å². The van der Waals surface area contributed by atoms with E-state index in [-0.39, 0.29) is 11.5 Å². The van der Waals surface area contributed by atoms with Crippen LogP contribution in [0.2, 0.25) is 0 Å². The van der Waals surface area contributed by atoms with E-state index in [0.29, 0.717) is 19.8 Å². The standard InChI is InChI=1S/C14H16F3NO3/c15-14(16,17)11-5-1-4-10(12(11)19)13(20)18-7-9-3-2-6-21-8-9/h1,4-5,9,19H,2-3,6-8H2,(H,18,20)/t9-/m1/s1. The highest BCUT2D eigenvalue weighted by Gasteiger charge is 2.35. The molecule has 1 saturated heterocycles. The molecule has 0 radical (unpaired) electrons. The Morgan fingerprint density at radius 3 is 2.81 bits per heavy atom. The first-order valence-corrected chi connectivity index (χ1v) is 6.64. The molecule has 2 rings (SSSR count). The van der Waals surface area contributed by atoms with Crippen molar-refractivity contribution in [3.8, 4) is 5.75 Å². The smallest absolute Gasteiger partial charge is 0.419 e. The second kappa shape index (κ2) is 6.34. The van der Waals surface area contributed by atoms with Gasteiger partial charge in [-0.3, -0.25) is 4.79 Å². The van der Waals surface area contributed by atoms with Crippen molar-refractivity contribution in [3.63, 3.8) is 0 Å². The van der Waals surface area contributed by atoms with Crippen molar-refractivity contribution in [2.75, 3.05) is 19.8 Å². The zero-order chi connectivity index (χ0) is 15.5. The van der Waals surface area contributed by atoms with E-state index in [1.54, 1.807) is 0 Å². The van der Waals surface area contributed by atoms with Gasteiger partial charge in [0.1, 0.15) is 5.75 Å². The molecule has 1 amide bonds. The molecule has 1 fully saturated rings. The van der Waals surface area contributed by atoms with Crippen LogP contribution < -0.4 is 5.32 Å². The minimum absolute atomic E-state index is 0.149. The Kier molecular flexibility index (Phi) is 4.72. The number of alkyl halides is 3. The first-order valence-electron chi connectivity index (χ1n) is 6.64. The molecule has 4 nitrogen and oxygen atoms in total. The van der Waals surface area contributed by atoms with Crippen LogP contribution in [-0.4, -0.2) is 30.8 Å². The predicted molar refractivity (Wildman–Crippen MR) is 69.0 cm³/mol. The van der Waals surface area contributed by atoms with Crippen LogP contribution in [0, 0.1) is 5.92 Å². The molecule has 21 heavy (non-hydrogen) atoms. The van der Waals surface area contributed by atoms with E-state index in [1.807, 2.05) is 0 Å². The Labute approximate surface area is 119 Å². The number of carbonyl (C=O) groups excluding carboxylic acids is 1. The quantitative estimate of drug-likeness (QED) is 0.902. The molecular formula is C14H16F3NO3. The fourth-order valence-electron chi connectivity index (χ4n) is 2.26. The number of halogens is 3. The second-order valence-electron chi connectivity index (χ2n) is 4.99. The number of ether oxygens (including phenoxy) is 1. The summed E-state index contributed by atoms with van der Waals surface area (Å²) in [6.07, 6.45) is -2.90. The largest absolute Gasteiger partial charge is 0.506 e. The van der Waals surface area contributed by atoms with E-state index < -0.39 is 23.4 Å². The number of rotatable bonds is 3.